The van der Waals surface area contributed by atoms with Crippen LogP contribution in [0.2, 0.25) is 0 Å². The Morgan fingerprint density at radius 1 is 1.32 bits per heavy atom. The van der Waals surface area contributed by atoms with Crippen LogP contribution in [0.4, 0.5) is 10.1 Å². The molecule has 2 aromatic heterocycles. The van der Waals surface area contributed by atoms with Crippen molar-refractivity contribution in [3.8, 4) is 0 Å². The van der Waals surface area contributed by atoms with Crippen molar-refractivity contribution >= 4 is 44.3 Å². The number of aromatic amines is 1. The Kier molecular flexibility index (Phi) is 5.32. The first-order chi connectivity index (χ1) is 14.8. The number of hydrogen-bond acceptors (Lipinski definition) is 6. The van der Waals surface area contributed by atoms with Gasteiger partial charge in [-0.2, -0.15) is 0 Å². The number of fused-ring (bicyclic) bond motifs is 1. The van der Waals surface area contributed by atoms with Gasteiger partial charge in [-0.1, -0.05) is 0 Å². The number of aromatic nitrogens is 2. The normalized spacial score (nSPS) is 15.0. The second-order valence-corrected chi connectivity index (χ2v) is 9.16. The first-order valence-corrected chi connectivity index (χ1v) is 11.1. The number of ketones is 1. The summed E-state index contributed by atoms with van der Waals surface area (Å²) in [6, 6.07) is 5.29. The number of H-pyrrole nitrogens is 1. The Hall–Kier alpha value is -3.53. The van der Waals surface area contributed by atoms with Crippen molar-refractivity contribution in [3.63, 3.8) is 0 Å². The van der Waals surface area contributed by atoms with Gasteiger partial charge in [0.1, 0.15) is 11.5 Å². The molecule has 1 fully saturated rings. The molecule has 10 heteroatoms. The number of aliphatic imine (C=N–C) groups is 1. The average molecular weight is 441 g/mol. The molecule has 0 saturated heterocycles. The highest BCUT2D eigenvalue weighted by Gasteiger charge is 2.35. The van der Waals surface area contributed by atoms with Gasteiger partial charge in [0, 0.05) is 59.6 Å². The fraction of sp³-hybridized carbons (Fsp3) is 0.190. The van der Waals surface area contributed by atoms with E-state index in [9.17, 15) is 17.6 Å². The topological polar surface area (TPSA) is 130 Å². The van der Waals surface area contributed by atoms with Crippen LogP contribution >= 0.6 is 0 Å². The van der Waals surface area contributed by atoms with Crippen molar-refractivity contribution in [2.75, 3.05) is 11.8 Å². The number of rotatable bonds is 7. The molecule has 0 bridgehead atoms. The number of benzene rings is 1. The standard InChI is InChI=1S/C21H20FN5O3S/c1-24-9-13(8-23)12-6-16-18(11-26-21(16)25-10-12)20(28)17-7-14(2-5-19(17)22)27-31(29,30)15-3-4-15/h2,5-11,15,27H,3-4,23H2,1H3,(H,25,26). The molecule has 0 atom stereocenters. The minimum atomic E-state index is -3.54. The largest absolute Gasteiger partial charge is 0.404 e. The van der Waals surface area contributed by atoms with Crippen molar-refractivity contribution in [2.24, 2.45) is 10.7 Å². The summed E-state index contributed by atoms with van der Waals surface area (Å²) in [5.41, 5.74) is 7.45. The number of carbonyl (C=O) groups is 1. The van der Waals surface area contributed by atoms with Crippen molar-refractivity contribution in [2.45, 2.75) is 18.1 Å². The van der Waals surface area contributed by atoms with Gasteiger partial charge in [0.15, 0.2) is 5.78 Å². The summed E-state index contributed by atoms with van der Waals surface area (Å²) >= 11 is 0. The molecular formula is C21H20FN5O3S. The lowest BCUT2D eigenvalue weighted by Gasteiger charge is -2.09. The van der Waals surface area contributed by atoms with Crippen LogP contribution in [0.25, 0.3) is 16.6 Å². The summed E-state index contributed by atoms with van der Waals surface area (Å²) in [7, 11) is -1.93. The van der Waals surface area contributed by atoms with Gasteiger partial charge in [0.25, 0.3) is 0 Å². The first kappa shape index (κ1) is 20.7. The maximum absolute atomic E-state index is 14.5. The number of allylic oxidation sites excluding steroid dienone is 1. The molecule has 1 aromatic carbocycles. The summed E-state index contributed by atoms with van der Waals surface area (Å²) in [6.45, 7) is 0. The Morgan fingerprint density at radius 3 is 2.77 bits per heavy atom. The molecule has 2 heterocycles. The van der Waals surface area contributed by atoms with Crippen LogP contribution in [0, 0.1) is 5.82 Å². The molecule has 0 radical (unpaired) electrons. The van der Waals surface area contributed by atoms with Crippen molar-refractivity contribution < 1.29 is 17.6 Å². The van der Waals surface area contributed by atoms with E-state index in [4.69, 9.17) is 5.73 Å². The molecular weight excluding hydrogens is 421 g/mol. The van der Waals surface area contributed by atoms with E-state index in [0.717, 1.165) is 6.07 Å². The van der Waals surface area contributed by atoms with E-state index in [1.807, 2.05) is 0 Å². The lowest BCUT2D eigenvalue weighted by atomic mass is 10.0. The number of hydrogen-bond donors (Lipinski definition) is 3. The molecule has 0 amide bonds. The van der Waals surface area contributed by atoms with Gasteiger partial charge in [0.2, 0.25) is 10.0 Å². The van der Waals surface area contributed by atoms with Gasteiger partial charge in [-0.25, -0.2) is 17.8 Å². The summed E-state index contributed by atoms with van der Waals surface area (Å²) in [4.78, 5) is 24.3. The highest BCUT2D eigenvalue weighted by atomic mass is 32.2. The van der Waals surface area contributed by atoms with E-state index in [0.29, 0.717) is 35.0 Å². The van der Waals surface area contributed by atoms with E-state index in [1.54, 1.807) is 25.5 Å². The highest BCUT2D eigenvalue weighted by Crippen LogP contribution is 2.31. The van der Waals surface area contributed by atoms with Crippen LogP contribution in [-0.4, -0.2) is 42.7 Å². The number of anilines is 1. The molecule has 0 spiro atoms. The third-order valence-electron chi connectivity index (χ3n) is 4.99. The van der Waals surface area contributed by atoms with Crippen LogP contribution in [0.5, 0.6) is 0 Å². The highest BCUT2D eigenvalue weighted by molar-refractivity contribution is 7.93. The van der Waals surface area contributed by atoms with Gasteiger partial charge < -0.3 is 10.7 Å². The number of sulfonamides is 1. The van der Waals surface area contributed by atoms with E-state index in [-0.39, 0.29) is 16.8 Å². The van der Waals surface area contributed by atoms with E-state index < -0.39 is 26.9 Å². The number of nitrogens with one attached hydrogen (secondary N) is 2. The number of halogens is 1. The van der Waals surface area contributed by atoms with Gasteiger partial charge in [0.05, 0.1) is 10.8 Å². The number of carbonyl (C=O) groups excluding carboxylic acids is 1. The third kappa shape index (κ3) is 4.06. The second kappa shape index (κ2) is 7.95. The molecule has 160 valence electrons. The minimum absolute atomic E-state index is 0.141. The molecule has 4 N–H and O–H groups in total. The monoisotopic (exact) mass is 441 g/mol. The van der Waals surface area contributed by atoms with Gasteiger partial charge in [-0.05, 0) is 37.1 Å². The summed E-state index contributed by atoms with van der Waals surface area (Å²) in [6.07, 6.45) is 7.15. The predicted octanol–water partition coefficient (Wildman–Crippen LogP) is 2.84. The molecule has 3 aromatic rings. The smallest absolute Gasteiger partial charge is 0.235 e. The molecule has 1 aliphatic carbocycles. The Balaban J connectivity index is 1.73. The summed E-state index contributed by atoms with van der Waals surface area (Å²) < 4.78 is 41.3. The lowest BCUT2D eigenvalue weighted by Crippen LogP contribution is -2.18. The predicted molar refractivity (Wildman–Crippen MR) is 118 cm³/mol. The Morgan fingerprint density at radius 2 is 2.10 bits per heavy atom. The minimum Gasteiger partial charge on any atom is -0.404 e. The zero-order valence-electron chi connectivity index (χ0n) is 16.6. The molecule has 0 aliphatic heterocycles. The first-order valence-electron chi connectivity index (χ1n) is 9.51. The van der Waals surface area contributed by atoms with E-state index in [1.165, 1.54) is 24.5 Å². The fourth-order valence-electron chi connectivity index (χ4n) is 3.24. The van der Waals surface area contributed by atoms with Gasteiger partial charge in [-0.3, -0.25) is 14.5 Å². The van der Waals surface area contributed by atoms with Gasteiger partial charge >= 0.3 is 0 Å². The van der Waals surface area contributed by atoms with E-state index in [2.05, 4.69) is 19.7 Å². The lowest BCUT2D eigenvalue weighted by molar-refractivity contribution is 0.103. The van der Waals surface area contributed by atoms with Crippen molar-refractivity contribution in [1.82, 2.24) is 9.97 Å². The number of nitrogens with zero attached hydrogens (tertiary/aromatic N) is 2. The number of pyridine rings is 1. The molecule has 0 unspecified atom stereocenters. The quantitative estimate of drug-likeness (QED) is 0.383. The van der Waals surface area contributed by atoms with Crippen LogP contribution in [0.1, 0.15) is 34.3 Å². The van der Waals surface area contributed by atoms with E-state index >= 15 is 0 Å². The Labute approximate surface area is 178 Å². The zero-order chi connectivity index (χ0) is 22.2. The fourth-order valence-corrected chi connectivity index (χ4v) is 4.61. The summed E-state index contributed by atoms with van der Waals surface area (Å²) in [5, 5.41) is 0.0426. The number of nitrogens with two attached hydrogens (primary N) is 1. The summed E-state index contributed by atoms with van der Waals surface area (Å²) in [5.74, 6) is -1.35. The van der Waals surface area contributed by atoms with Crippen molar-refractivity contribution in [3.05, 3.63) is 65.4 Å². The van der Waals surface area contributed by atoms with Crippen LogP contribution in [0.15, 0.2) is 47.9 Å². The molecule has 1 aliphatic rings. The van der Waals surface area contributed by atoms with Crippen LogP contribution in [-0.2, 0) is 10.0 Å². The molecule has 31 heavy (non-hydrogen) atoms. The second-order valence-electron chi connectivity index (χ2n) is 7.20. The molecule has 1 saturated carbocycles. The Bertz CT molecular complexity index is 1340. The zero-order valence-corrected chi connectivity index (χ0v) is 17.4. The van der Waals surface area contributed by atoms with Crippen LogP contribution in [0.3, 0.4) is 0 Å². The van der Waals surface area contributed by atoms with Gasteiger partial charge in [-0.15, -0.1) is 0 Å². The molecule has 8 nitrogen and oxygen atoms in total. The average Bonchev–Trinajstić information content (AvgIpc) is 3.53. The van der Waals surface area contributed by atoms with Crippen molar-refractivity contribution in [1.29, 1.82) is 0 Å². The SMILES string of the molecule is CN=CC(=CN)c1cnc2[nH]cc(C(=O)c3cc(NS(=O)(=O)C4CC4)ccc3F)c2c1. The third-order valence-corrected chi connectivity index (χ3v) is 6.86. The molecule has 4 rings (SSSR count). The maximum Gasteiger partial charge on any atom is 0.235 e. The maximum atomic E-state index is 14.5. The van der Waals surface area contributed by atoms with Crippen LogP contribution < -0.4 is 10.5 Å².